The molecule has 0 aromatic heterocycles. The molecule has 0 saturated heterocycles. The molecule has 90 valence electrons. The molecule has 0 heterocycles. The zero-order chi connectivity index (χ0) is 11.9. The summed E-state index contributed by atoms with van der Waals surface area (Å²) in [6.45, 7) is 6.72. The first kappa shape index (κ1) is 12.3. The van der Waals surface area contributed by atoms with Crippen molar-refractivity contribution in [2.24, 2.45) is 0 Å². The molecule has 16 heavy (non-hydrogen) atoms. The van der Waals surface area contributed by atoms with E-state index in [1.54, 1.807) is 0 Å². The Labute approximate surface area is 103 Å². The first-order valence-electron chi connectivity index (χ1n) is 6.10. The van der Waals surface area contributed by atoms with Crippen molar-refractivity contribution in [3.05, 3.63) is 24.3 Å². The molecule has 2 heteroatoms. The lowest BCUT2D eigenvalue weighted by Gasteiger charge is -2.52. The highest BCUT2D eigenvalue weighted by Crippen LogP contribution is 2.54. The summed E-state index contributed by atoms with van der Waals surface area (Å²) in [5.41, 5.74) is -0.533. The Bertz CT molecular complexity index is 304. The predicted octanol–water partition coefficient (Wildman–Crippen LogP) is 3.69. The van der Waals surface area contributed by atoms with E-state index in [0.717, 1.165) is 25.7 Å². The van der Waals surface area contributed by atoms with E-state index in [2.05, 4.69) is 45.1 Å². The summed E-state index contributed by atoms with van der Waals surface area (Å²) in [7, 11) is 0. The summed E-state index contributed by atoms with van der Waals surface area (Å²) in [4.78, 5) is 0. The molecule has 0 saturated carbocycles. The Morgan fingerprint density at radius 2 is 1.38 bits per heavy atom. The van der Waals surface area contributed by atoms with Gasteiger partial charge in [-0.15, -0.1) is 11.8 Å². The van der Waals surface area contributed by atoms with Gasteiger partial charge in [0.1, 0.15) is 0 Å². The van der Waals surface area contributed by atoms with Crippen molar-refractivity contribution in [1.82, 2.24) is 0 Å². The van der Waals surface area contributed by atoms with Crippen LogP contribution in [0.25, 0.3) is 0 Å². The summed E-state index contributed by atoms with van der Waals surface area (Å²) in [5, 5.41) is 10.9. The number of allylic oxidation sites excluding steroid dienone is 2. The minimum Gasteiger partial charge on any atom is -0.388 e. The van der Waals surface area contributed by atoms with E-state index >= 15 is 0 Å². The number of hydrogen-bond acceptors (Lipinski definition) is 2. The Hall–Kier alpha value is -0.210. The van der Waals surface area contributed by atoms with Gasteiger partial charge in [0.25, 0.3) is 0 Å². The quantitative estimate of drug-likeness (QED) is 0.703. The van der Waals surface area contributed by atoms with Gasteiger partial charge in [-0.25, -0.2) is 0 Å². The van der Waals surface area contributed by atoms with Gasteiger partial charge in [0.15, 0.2) is 0 Å². The minimum absolute atomic E-state index is 0.00521. The number of thioether (sulfide) groups is 1. The van der Waals surface area contributed by atoms with Crippen molar-refractivity contribution < 1.29 is 5.11 Å². The van der Waals surface area contributed by atoms with Gasteiger partial charge in [-0.2, -0.15) is 0 Å². The van der Waals surface area contributed by atoms with Crippen molar-refractivity contribution in [3.8, 4) is 0 Å². The minimum atomic E-state index is -0.533. The Morgan fingerprint density at radius 1 is 0.938 bits per heavy atom. The zero-order valence-electron chi connectivity index (χ0n) is 10.5. The number of aliphatic hydroxyl groups is 1. The normalized spacial score (nSPS) is 38.5. The third-order valence-electron chi connectivity index (χ3n) is 3.49. The molecule has 0 radical (unpaired) electrons. The maximum Gasteiger partial charge on any atom is 0.0868 e. The molecule has 2 rings (SSSR count). The molecule has 1 N–H and O–H groups in total. The van der Waals surface area contributed by atoms with Crippen molar-refractivity contribution in [1.29, 1.82) is 0 Å². The fourth-order valence-corrected chi connectivity index (χ4v) is 4.68. The first-order chi connectivity index (χ1) is 7.37. The van der Waals surface area contributed by atoms with Gasteiger partial charge in [0.2, 0.25) is 0 Å². The summed E-state index contributed by atoms with van der Waals surface area (Å²) in [6, 6.07) is 0. The van der Waals surface area contributed by atoms with Gasteiger partial charge in [0.05, 0.1) is 10.3 Å². The summed E-state index contributed by atoms with van der Waals surface area (Å²) < 4.78 is 0.194. The van der Waals surface area contributed by atoms with Crippen LogP contribution in [0.2, 0.25) is 0 Å². The maximum absolute atomic E-state index is 10.9. The molecule has 0 spiro atoms. The second-order valence-electron chi connectivity index (χ2n) is 6.00. The molecule has 0 unspecified atom stereocenters. The SMILES string of the molecule is CC(C)(C)SC12CC=CCC1(O)CC=CC2. The van der Waals surface area contributed by atoms with Crippen molar-refractivity contribution in [3.63, 3.8) is 0 Å². The van der Waals surface area contributed by atoms with Crippen LogP contribution in [0.1, 0.15) is 46.5 Å². The van der Waals surface area contributed by atoms with Crippen LogP contribution in [-0.4, -0.2) is 20.2 Å². The van der Waals surface area contributed by atoms with Crippen LogP contribution in [-0.2, 0) is 0 Å². The van der Waals surface area contributed by atoms with Gasteiger partial charge in [-0.3, -0.25) is 0 Å². The number of hydrogen-bond donors (Lipinski definition) is 1. The van der Waals surface area contributed by atoms with E-state index in [-0.39, 0.29) is 9.49 Å². The van der Waals surface area contributed by atoms with Gasteiger partial charge >= 0.3 is 0 Å². The monoisotopic (exact) mass is 238 g/mol. The molecule has 2 aliphatic rings. The van der Waals surface area contributed by atoms with E-state index in [4.69, 9.17) is 0 Å². The molecule has 0 bridgehead atoms. The topological polar surface area (TPSA) is 20.2 Å². The van der Waals surface area contributed by atoms with E-state index in [1.165, 1.54) is 0 Å². The number of fused-ring (bicyclic) bond motifs is 1. The predicted molar refractivity (Wildman–Crippen MR) is 71.8 cm³/mol. The molecule has 0 atom stereocenters. The molecule has 0 fully saturated rings. The second-order valence-corrected chi connectivity index (χ2v) is 8.21. The van der Waals surface area contributed by atoms with Gasteiger partial charge in [-0.1, -0.05) is 45.1 Å². The Morgan fingerprint density at radius 3 is 1.81 bits per heavy atom. The van der Waals surface area contributed by atoms with Crippen LogP contribution in [0.15, 0.2) is 24.3 Å². The lowest BCUT2D eigenvalue weighted by molar-refractivity contribution is -0.00305. The number of rotatable bonds is 1. The van der Waals surface area contributed by atoms with Gasteiger partial charge in [-0.05, 0) is 25.7 Å². The molecule has 0 amide bonds. The fourth-order valence-electron chi connectivity index (χ4n) is 2.79. The zero-order valence-corrected chi connectivity index (χ0v) is 11.3. The van der Waals surface area contributed by atoms with E-state index in [9.17, 15) is 5.11 Å². The standard InChI is InChI=1S/C14H22OS/c1-12(2,3)16-14-10-6-4-8-13(14,15)9-5-7-11-14/h4-7,15H,8-11H2,1-3H3. The van der Waals surface area contributed by atoms with Crippen molar-refractivity contribution >= 4 is 11.8 Å². The van der Waals surface area contributed by atoms with Crippen LogP contribution in [0.4, 0.5) is 0 Å². The molecular weight excluding hydrogens is 216 g/mol. The highest BCUT2D eigenvalue weighted by molar-refractivity contribution is 8.02. The second kappa shape index (κ2) is 3.92. The Kier molecular flexibility index (Phi) is 3.00. The summed E-state index contributed by atoms with van der Waals surface area (Å²) >= 11 is 1.96. The molecule has 0 aromatic rings. The lowest BCUT2D eigenvalue weighted by Crippen LogP contribution is -2.55. The lowest BCUT2D eigenvalue weighted by atomic mass is 9.71. The van der Waals surface area contributed by atoms with Crippen LogP contribution < -0.4 is 0 Å². The van der Waals surface area contributed by atoms with E-state index in [1.807, 2.05) is 11.8 Å². The highest BCUT2D eigenvalue weighted by Gasteiger charge is 2.52. The van der Waals surface area contributed by atoms with Crippen LogP contribution in [0.5, 0.6) is 0 Å². The van der Waals surface area contributed by atoms with Crippen LogP contribution in [0, 0.1) is 0 Å². The summed E-state index contributed by atoms with van der Waals surface area (Å²) in [5.74, 6) is 0. The molecule has 0 aromatic carbocycles. The van der Waals surface area contributed by atoms with Crippen LogP contribution in [0.3, 0.4) is 0 Å². The Balaban J connectivity index is 2.33. The smallest absolute Gasteiger partial charge is 0.0868 e. The fraction of sp³-hybridized carbons (Fsp3) is 0.714. The third-order valence-corrected chi connectivity index (χ3v) is 5.21. The van der Waals surface area contributed by atoms with Crippen molar-refractivity contribution in [2.45, 2.75) is 61.5 Å². The van der Waals surface area contributed by atoms with E-state index < -0.39 is 5.60 Å². The molecule has 2 aliphatic carbocycles. The van der Waals surface area contributed by atoms with Gasteiger partial charge < -0.3 is 5.11 Å². The van der Waals surface area contributed by atoms with Crippen molar-refractivity contribution in [2.75, 3.05) is 0 Å². The van der Waals surface area contributed by atoms with Gasteiger partial charge in [0, 0.05) is 4.75 Å². The average Bonchev–Trinajstić information content (AvgIpc) is 2.16. The molecular formula is C14H22OS. The van der Waals surface area contributed by atoms with Crippen LogP contribution >= 0.6 is 11.8 Å². The van der Waals surface area contributed by atoms with E-state index in [0.29, 0.717) is 0 Å². The summed E-state index contributed by atoms with van der Waals surface area (Å²) in [6.07, 6.45) is 12.4. The molecule has 0 aliphatic heterocycles. The largest absolute Gasteiger partial charge is 0.388 e. The maximum atomic E-state index is 10.9. The third kappa shape index (κ3) is 2.10. The average molecular weight is 238 g/mol. The highest BCUT2D eigenvalue weighted by atomic mass is 32.2. The first-order valence-corrected chi connectivity index (χ1v) is 6.91. The molecule has 1 nitrogen and oxygen atoms in total.